The number of sulfone groups is 1. The van der Waals surface area contributed by atoms with E-state index in [2.05, 4.69) is 15.9 Å². The second kappa shape index (κ2) is 6.68. The molecular weight excluding hydrogens is 440 g/mol. The van der Waals surface area contributed by atoms with Gasteiger partial charge in [-0.05, 0) is 57.4 Å². The van der Waals surface area contributed by atoms with E-state index in [1.165, 1.54) is 12.1 Å². The zero-order valence-corrected chi connectivity index (χ0v) is 17.2. The summed E-state index contributed by atoms with van der Waals surface area (Å²) in [5, 5.41) is 1.74. The van der Waals surface area contributed by atoms with Gasteiger partial charge in [-0.15, -0.1) is 0 Å². The van der Waals surface area contributed by atoms with Crippen LogP contribution in [0.3, 0.4) is 0 Å². The van der Waals surface area contributed by atoms with E-state index in [4.69, 9.17) is 4.18 Å². The fourth-order valence-electron chi connectivity index (χ4n) is 2.52. The third-order valence-corrected chi connectivity index (χ3v) is 7.19. The van der Waals surface area contributed by atoms with Crippen molar-refractivity contribution in [2.75, 3.05) is 6.26 Å². The highest BCUT2D eigenvalue weighted by atomic mass is 79.9. The van der Waals surface area contributed by atoms with E-state index >= 15 is 0 Å². The summed E-state index contributed by atoms with van der Waals surface area (Å²) < 4.78 is 54.8. The lowest BCUT2D eigenvalue weighted by Gasteiger charge is -2.13. The molecule has 0 fully saturated rings. The predicted molar refractivity (Wildman–Crippen MR) is 104 cm³/mol. The summed E-state index contributed by atoms with van der Waals surface area (Å²) in [5.74, 6) is 0.132. The SMILES string of the molecule is Cc1ccc(S(C)(=O)=O)cc1S(=O)(=O)Oc1ccc2ccccc2c1Br. The highest BCUT2D eigenvalue weighted by Crippen LogP contribution is 2.35. The Morgan fingerprint density at radius 1 is 0.923 bits per heavy atom. The van der Waals surface area contributed by atoms with Gasteiger partial charge in [-0.25, -0.2) is 8.42 Å². The fraction of sp³-hybridized carbons (Fsp3) is 0.111. The van der Waals surface area contributed by atoms with Crippen molar-refractivity contribution < 1.29 is 21.0 Å². The maximum absolute atomic E-state index is 12.8. The first-order chi connectivity index (χ1) is 12.1. The first kappa shape index (κ1) is 18.9. The van der Waals surface area contributed by atoms with Crippen molar-refractivity contribution in [3.8, 4) is 5.75 Å². The quantitative estimate of drug-likeness (QED) is 0.554. The first-order valence-corrected chi connectivity index (χ1v) is 11.6. The molecule has 0 atom stereocenters. The van der Waals surface area contributed by atoms with Crippen LogP contribution in [-0.4, -0.2) is 23.1 Å². The zero-order chi connectivity index (χ0) is 19.1. The highest BCUT2D eigenvalue weighted by molar-refractivity contribution is 9.10. The Kier molecular flexibility index (Phi) is 4.85. The van der Waals surface area contributed by atoms with Crippen molar-refractivity contribution in [3.05, 3.63) is 64.6 Å². The minimum atomic E-state index is -4.21. The van der Waals surface area contributed by atoms with Crippen LogP contribution in [0.2, 0.25) is 0 Å². The standard InChI is InChI=1S/C18H15BrO5S2/c1-12-7-9-14(25(2,20)21)11-17(12)26(22,23)24-16-10-8-13-5-3-4-6-15(13)18(16)19/h3-11H,1-2H3. The summed E-state index contributed by atoms with van der Waals surface area (Å²) in [7, 11) is -7.75. The smallest absolute Gasteiger partial charge is 0.339 e. The summed E-state index contributed by atoms with van der Waals surface area (Å²) in [6.07, 6.45) is 1.02. The molecule has 3 aromatic rings. The van der Waals surface area contributed by atoms with Crippen LogP contribution in [0.1, 0.15) is 5.56 Å². The van der Waals surface area contributed by atoms with Crippen molar-refractivity contribution in [1.82, 2.24) is 0 Å². The van der Waals surface area contributed by atoms with Crippen LogP contribution in [-0.2, 0) is 20.0 Å². The molecule has 0 heterocycles. The van der Waals surface area contributed by atoms with Crippen molar-refractivity contribution in [3.63, 3.8) is 0 Å². The Labute approximate surface area is 160 Å². The molecule has 0 bridgehead atoms. The van der Waals surface area contributed by atoms with Crippen LogP contribution in [0.5, 0.6) is 5.75 Å². The van der Waals surface area contributed by atoms with E-state index in [1.807, 2.05) is 24.3 Å². The molecular formula is C18H15BrO5S2. The lowest BCUT2D eigenvalue weighted by Crippen LogP contribution is -2.13. The molecule has 0 N–H and O–H groups in total. The van der Waals surface area contributed by atoms with Gasteiger partial charge in [-0.1, -0.05) is 36.4 Å². The lowest BCUT2D eigenvalue weighted by atomic mass is 10.1. The van der Waals surface area contributed by atoms with Crippen molar-refractivity contribution in [1.29, 1.82) is 0 Å². The number of hydrogen-bond donors (Lipinski definition) is 0. The Hall–Kier alpha value is -1.90. The monoisotopic (exact) mass is 454 g/mol. The number of benzene rings is 3. The largest absolute Gasteiger partial charge is 0.378 e. The normalized spacial score (nSPS) is 12.3. The van der Waals surface area contributed by atoms with Gasteiger partial charge < -0.3 is 4.18 Å². The summed E-state index contributed by atoms with van der Waals surface area (Å²) in [6.45, 7) is 1.58. The summed E-state index contributed by atoms with van der Waals surface area (Å²) in [6, 6.07) is 14.7. The van der Waals surface area contributed by atoms with E-state index in [1.54, 1.807) is 19.1 Å². The number of rotatable bonds is 4. The van der Waals surface area contributed by atoms with Crippen LogP contribution in [0.15, 0.2) is 68.9 Å². The number of hydrogen-bond acceptors (Lipinski definition) is 5. The third-order valence-electron chi connectivity index (χ3n) is 3.88. The molecule has 3 aromatic carbocycles. The van der Waals surface area contributed by atoms with Crippen molar-refractivity contribution in [2.45, 2.75) is 16.7 Å². The number of aryl methyl sites for hydroxylation is 1. The van der Waals surface area contributed by atoms with Crippen molar-refractivity contribution >= 4 is 46.7 Å². The molecule has 0 radical (unpaired) electrons. The predicted octanol–water partition coefficient (Wildman–Crippen LogP) is 4.08. The molecule has 0 spiro atoms. The minimum Gasteiger partial charge on any atom is -0.378 e. The maximum Gasteiger partial charge on any atom is 0.339 e. The van der Waals surface area contributed by atoms with E-state index in [0.717, 1.165) is 23.1 Å². The summed E-state index contributed by atoms with van der Waals surface area (Å²) in [4.78, 5) is -0.261. The highest BCUT2D eigenvalue weighted by Gasteiger charge is 2.23. The molecule has 3 rings (SSSR count). The lowest BCUT2D eigenvalue weighted by molar-refractivity contribution is 0.484. The molecule has 0 aliphatic rings. The molecule has 8 heteroatoms. The van der Waals surface area contributed by atoms with Gasteiger partial charge >= 0.3 is 10.1 Å². The molecule has 26 heavy (non-hydrogen) atoms. The van der Waals surface area contributed by atoms with Gasteiger partial charge in [0.2, 0.25) is 0 Å². The second-order valence-corrected chi connectivity index (χ2v) is 10.2. The van der Waals surface area contributed by atoms with Crippen LogP contribution >= 0.6 is 15.9 Å². The van der Waals surface area contributed by atoms with Gasteiger partial charge in [-0.3, -0.25) is 0 Å². The Morgan fingerprint density at radius 3 is 2.31 bits per heavy atom. The molecule has 0 saturated heterocycles. The Bertz CT molecular complexity index is 1220. The molecule has 0 aromatic heterocycles. The second-order valence-electron chi connectivity index (χ2n) is 5.84. The van der Waals surface area contributed by atoms with E-state index in [-0.39, 0.29) is 15.5 Å². The summed E-state index contributed by atoms with van der Waals surface area (Å²) in [5.41, 5.74) is 0.398. The molecule has 0 unspecified atom stereocenters. The Balaban J connectivity index is 2.09. The van der Waals surface area contributed by atoms with Crippen LogP contribution < -0.4 is 4.18 Å². The molecule has 5 nitrogen and oxygen atoms in total. The van der Waals surface area contributed by atoms with Crippen LogP contribution in [0.4, 0.5) is 0 Å². The van der Waals surface area contributed by atoms with E-state index in [0.29, 0.717) is 10.0 Å². The molecule has 0 aliphatic carbocycles. The van der Waals surface area contributed by atoms with Gasteiger partial charge in [0.1, 0.15) is 4.90 Å². The average Bonchev–Trinajstić information content (AvgIpc) is 2.57. The van der Waals surface area contributed by atoms with Gasteiger partial charge in [0, 0.05) is 6.26 Å². The van der Waals surface area contributed by atoms with Crippen LogP contribution in [0.25, 0.3) is 10.8 Å². The van der Waals surface area contributed by atoms with E-state index in [9.17, 15) is 16.8 Å². The zero-order valence-electron chi connectivity index (χ0n) is 13.9. The minimum absolute atomic E-state index is 0.0807. The van der Waals surface area contributed by atoms with E-state index < -0.39 is 20.0 Å². The molecule has 136 valence electrons. The molecule has 0 saturated carbocycles. The Morgan fingerprint density at radius 2 is 1.62 bits per heavy atom. The molecule has 0 aliphatic heterocycles. The van der Waals surface area contributed by atoms with Gasteiger partial charge in [0.25, 0.3) is 0 Å². The molecule has 0 amide bonds. The first-order valence-electron chi connectivity index (χ1n) is 7.52. The van der Waals surface area contributed by atoms with Gasteiger partial charge in [0.05, 0.1) is 9.37 Å². The number of fused-ring (bicyclic) bond motifs is 1. The average molecular weight is 455 g/mol. The topological polar surface area (TPSA) is 77.5 Å². The van der Waals surface area contributed by atoms with Crippen LogP contribution in [0, 0.1) is 6.92 Å². The third kappa shape index (κ3) is 3.62. The summed E-state index contributed by atoms with van der Waals surface area (Å²) >= 11 is 3.39. The number of halogens is 1. The van der Waals surface area contributed by atoms with Crippen molar-refractivity contribution in [2.24, 2.45) is 0 Å². The van der Waals surface area contributed by atoms with Gasteiger partial charge in [0.15, 0.2) is 15.6 Å². The fourth-order valence-corrected chi connectivity index (χ4v) is 5.12. The van der Waals surface area contributed by atoms with Gasteiger partial charge in [-0.2, -0.15) is 8.42 Å². The maximum atomic E-state index is 12.8.